The van der Waals surface area contributed by atoms with Gasteiger partial charge in [-0.05, 0) is 49.3 Å². The van der Waals surface area contributed by atoms with Gasteiger partial charge in [0.1, 0.15) is 5.54 Å². The summed E-state index contributed by atoms with van der Waals surface area (Å²) in [5, 5.41) is 3.46. The van der Waals surface area contributed by atoms with Gasteiger partial charge in [-0.15, -0.1) is 0 Å². The molecule has 0 spiro atoms. The van der Waals surface area contributed by atoms with Gasteiger partial charge in [0.25, 0.3) is 0 Å². The van der Waals surface area contributed by atoms with E-state index in [-0.39, 0.29) is 5.91 Å². The lowest BCUT2D eigenvalue weighted by atomic mass is 9.77. The Morgan fingerprint density at radius 1 is 0.929 bits per heavy atom. The molecule has 0 aromatic heterocycles. The van der Waals surface area contributed by atoms with Crippen molar-refractivity contribution in [3.05, 3.63) is 66.2 Å². The Labute approximate surface area is 168 Å². The SMILES string of the molecule is NC(=O)C1(Nc2ccccc2)CCN([C@@H]2CCCC[C@@H]2c2ccccc2)CC1. The van der Waals surface area contributed by atoms with Crippen molar-refractivity contribution in [1.82, 2.24) is 4.90 Å². The number of carbonyl (C=O) groups is 1. The minimum absolute atomic E-state index is 0.237. The van der Waals surface area contributed by atoms with E-state index in [9.17, 15) is 4.79 Å². The number of likely N-dealkylation sites (tertiary alicyclic amines) is 1. The van der Waals surface area contributed by atoms with Crippen LogP contribution in [0.25, 0.3) is 0 Å². The highest BCUT2D eigenvalue weighted by atomic mass is 16.1. The van der Waals surface area contributed by atoms with E-state index in [1.165, 1.54) is 31.2 Å². The average Bonchev–Trinajstić information content (AvgIpc) is 2.75. The predicted octanol–water partition coefficient (Wildman–Crippen LogP) is 4.14. The molecule has 28 heavy (non-hydrogen) atoms. The minimum atomic E-state index is -0.644. The van der Waals surface area contributed by atoms with Crippen LogP contribution in [0, 0.1) is 0 Å². The van der Waals surface area contributed by atoms with E-state index in [0.717, 1.165) is 31.6 Å². The van der Waals surface area contributed by atoms with E-state index < -0.39 is 5.54 Å². The molecule has 0 radical (unpaired) electrons. The van der Waals surface area contributed by atoms with Crippen molar-refractivity contribution in [1.29, 1.82) is 0 Å². The Bertz CT molecular complexity index is 769. The summed E-state index contributed by atoms with van der Waals surface area (Å²) in [5.74, 6) is 0.359. The molecule has 2 aromatic rings. The lowest BCUT2D eigenvalue weighted by Gasteiger charge is -2.47. The van der Waals surface area contributed by atoms with Crippen molar-refractivity contribution in [3.63, 3.8) is 0 Å². The Morgan fingerprint density at radius 2 is 1.54 bits per heavy atom. The van der Waals surface area contributed by atoms with Crippen LogP contribution in [0.3, 0.4) is 0 Å². The zero-order valence-electron chi connectivity index (χ0n) is 16.5. The summed E-state index contributed by atoms with van der Waals surface area (Å²) in [6, 6.07) is 21.5. The summed E-state index contributed by atoms with van der Waals surface area (Å²) >= 11 is 0. The molecule has 2 aliphatic rings. The second-order valence-electron chi connectivity index (χ2n) is 8.34. The van der Waals surface area contributed by atoms with Crippen LogP contribution in [-0.2, 0) is 4.79 Å². The Balaban J connectivity index is 1.48. The number of nitrogens with two attached hydrogens (primary N) is 1. The normalized spacial score (nSPS) is 25.1. The number of nitrogens with one attached hydrogen (secondary N) is 1. The molecule has 4 heteroatoms. The third-order valence-electron chi connectivity index (χ3n) is 6.71. The van der Waals surface area contributed by atoms with E-state index in [0.29, 0.717) is 12.0 Å². The van der Waals surface area contributed by atoms with Crippen LogP contribution in [0.1, 0.15) is 50.0 Å². The quantitative estimate of drug-likeness (QED) is 0.823. The van der Waals surface area contributed by atoms with Gasteiger partial charge in [-0.2, -0.15) is 0 Å². The number of carbonyl (C=O) groups excluding carboxylic acids is 1. The summed E-state index contributed by atoms with van der Waals surface area (Å²) in [5.41, 5.74) is 7.66. The molecule has 1 aliphatic heterocycles. The number of primary amides is 1. The molecule has 1 amide bonds. The molecule has 1 heterocycles. The van der Waals surface area contributed by atoms with E-state index in [2.05, 4.69) is 40.5 Å². The second-order valence-corrected chi connectivity index (χ2v) is 8.34. The fourth-order valence-electron chi connectivity index (χ4n) is 5.11. The van der Waals surface area contributed by atoms with Crippen LogP contribution in [0.15, 0.2) is 60.7 Å². The number of rotatable bonds is 5. The first-order chi connectivity index (χ1) is 13.7. The van der Waals surface area contributed by atoms with Crippen molar-refractivity contribution in [2.45, 2.75) is 56.0 Å². The largest absolute Gasteiger partial charge is 0.371 e. The fraction of sp³-hybridized carbons (Fsp3) is 0.458. The van der Waals surface area contributed by atoms with Crippen LogP contribution in [0.4, 0.5) is 5.69 Å². The number of amides is 1. The van der Waals surface area contributed by atoms with Crippen molar-refractivity contribution in [2.75, 3.05) is 18.4 Å². The van der Waals surface area contributed by atoms with Gasteiger partial charge in [0.05, 0.1) is 0 Å². The summed E-state index contributed by atoms with van der Waals surface area (Å²) < 4.78 is 0. The molecule has 4 rings (SSSR count). The number of para-hydroxylation sites is 1. The summed E-state index contributed by atoms with van der Waals surface area (Å²) in [6.07, 6.45) is 6.63. The van der Waals surface area contributed by atoms with Crippen LogP contribution < -0.4 is 11.1 Å². The van der Waals surface area contributed by atoms with Crippen LogP contribution in [-0.4, -0.2) is 35.5 Å². The molecular formula is C24H31N3O. The molecule has 1 saturated carbocycles. The molecule has 3 N–H and O–H groups in total. The van der Waals surface area contributed by atoms with Crippen LogP contribution in [0.5, 0.6) is 0 Å². The van der Waals surface area contributed by atoms with Crippen LogP contribution in [0.2, 0.25) is 0 Å². The maximum Gasteiger partial charge on any atom is 0.243 e. The van der Waals surface area contributed by atoms with E-state index in [4.69, 9.17) is 5.73 Å². The van der Waals surface area contributed by atoms with Crippen molar-refractivity contribution in [3.8, 4) is 0 Å². The first kappa shape index (κ1) is 19.0. The molecule has 0 bridgehead atoms. The minimum Gasteiger partial charge on any atom is -0.371 e. The molecule has 2 aromatic carbocycles. The zero-order valence-corrected chi connectivity index (χ0v) is 16.5. The monoisotopic (exact) mass is 377 g/mol. The maximum absolute atomic E-state index is 12.4. The summed E-state index contributed by atoms with van der Waals surface area (Å²) in [6.45, 7) is 1.83. The van der Waals surface area contributed by atoms with Gasteiger partial charge in [0.2, 0.25) is 5.91 Å². The van der Waals surface area contributed by atoms with Crippen molar-refractivity contribution >= 4 is 11.6 Å². The van der Waals surface area contributed by atoms with Crippen LogP contribution >= 0.6 is 0 Å². The number of piperidine rings is 1. The van der Waals surface area contributed by atoms with E-state index in [1.54, 1.807) is 0 Å². The topological polar surface area (TPSA) is 58.4 Å². The standard InChI is InChI=1S/C24H31N3O/c25-23(28)24(26-20-11-5-2-6-12-20)15-17-27(18-16-24)22-14-8-7-13-21(22)19-9-3-1-4-10-19/h1-6,9-12,21-22,26H,7-8,13-18H2,(H2,25,28)/t21-,22-/m1/s1. The first-order valence-electron chi connectivity index (χ1n) is 10.6. The highest BCUT2D eigenvalue weighted by Gasteiger charge is 2.42. The average molecular weight is 378 g/mol. The van der Waals surface area contributed by atoms with Gasteiger partial charge in [0.15, 0.2) is 0 Å². The molecular weight excluding hydrogens is 346 g/mol. The Kier molecular flexibility index (Phi) is 5.67. The number of benzene rings is 2. The highest BCUT2D eigenvalue weighted by molar-refractivity contribution is 5.88. The smallest absolute Gasteiger partial charge is 0.243 e. The predicted molar refractivity (Wildman–Crippen MR) is 114 cm³/mol. The zero-order chi connectivity index (χ0) is 19.4. The third-order valence-corrected chi connectivity index (χ3v) is 6.71. The number of nitrogens with zero attached hydrogens (tertiary/aromatic N) is 1. The molecule has 1 aliphatic carbocycles. The maximum atomic E-state index is 12.4. The Hall–Kier alpha value is -2.33. The lowest BCUT2D eigenvalue weighted by Crippen LogP contribution is -2.59. The number of hydrogen-bond donors (Lipinski definition) is 2. The molecule has 1 saturated heterocycles. The van der Waals surface area contributed by atoms with Crippen molar-refractivity contribution in [2.24, 2.45) is 5.73 Å². The van der Waals surface area contributed by atoms with Gasteiger partial charge >= 0.3 is 0 Å². The second kappa shape index (κ2) is 8.36. The summed E-state index contributed by atoms with van der Waals surface area (Å²) in [4.78, 5) is 15.0. The molecule has 0 unspecified atom stereocenters. The van der Waals surface area contributed by atoms with Gasteiger partial charge in [-0.3, -0.25) is 9.69 Å². The van der Waals surface area contributed by atoms with E-state index in [1.807, 2.05) is 30.3 Å². The molecule has 4 nitrogen and oxygen atoms in total. The molecule has 2 fully saturated rings. The summed E-state index contributed by atoms with van der Waals surface area (Å²) in [7, 11) is 0. The number of anilines is 1. The molecule has 2 atom stereocenters. The first-order valence-corrected chi connectivity index (χ1v) is 10.6. The highest BCUT2D eigenvalue weighted by Crippen LogP contribution is 2.38. The van der Waals surface area contributed by atoms with Gasteiger partial charge in [-0.1, -0.05) is 61.4 Å². The van der Waals surface area contributed by atoms with E-state index >= 15 is 0 Å². The van der Waals surface area contributed by atoms with Gasteiger partial charge in [-0.25, -0.2) is 0 Å². The number of hydrogen-bond acceptors (Lipinski definition) is 3. The Morgan fingerprint density at radius 3 is 2.18 bits per heavy atom. The fourth-order valence-corrected chi connectivity index (χ4v) is 5.11. The van der Waals surface area contributed by atoms with Gasteiger partial charge in [0, 0.05) is 24.8 Å². The van der Waals surface area contributed by atoms with Crippen molar-refractivity contribution < 1.29 is 4.79 Å². The third kappa shape index (κ3) is 3.93. The lowest BCUT2D eigenvalue weighted by molar-refractivity contribution is -0.124. The molecule has 148 valence electrons. The van der Waals surface area contributed by atoms with Gasteiger partial charge < -0.3 is 11.1 Å².